The first-order chi connectivity index (χ1) is 10.5. The Hall–Kier alpha value is -1.38. The van der Waals surface area contributed by atoms with Crippen molar-refractivity contribution in [3.63, 3.8) is 0 Å². The summed E-state index contributed by atoms with van der Waals surface area (Å²) in [5.41, 5.74) is 1.12. The van der Waals surface area contributed by atoms with Crippen LogP contribution in [0.1, 0.15) is 58.9 Å². The number of rotatable bonds is 4. The monoisotopic (exact) mass is 305 g/mol. The highest BCUT2D eigenvalue weighted by molar-refractivity contribution is 5.95. The van der Waals surface area contributed by atoms with Crippen LogP contribution in [-0.4, -0.2) is 11.9 Å². The Morgan fingerprint density at radius 1 is 1.27 bits per heavy atom. The molecule has 1 aliphatic rings. The van der Waals surface area contributed by atoms with Crippen molar-refractivity contribution in [3.8, 4) is 0 Å². The van der Waals surface area contributed by atoms with Crippen molar-refractivity contribution in [1.29, 1.82) is 0 Å². The van der Waals surface area contributed by atoms with Gasteiger partial charge in [-0.3, -0.25) is 4.79 Å². The third-order valence-electron chi connectivity index (χ3n) is 4.82. The number of carbonyl (C=O) groups excluding carboxylic acids is 1. The van der Waals surface area contributed by atoms with E-state index in [-0.39, 0.29) is 23.7 Å². The van der Waals surface area contributed by atoms with Crippen LogP contribution in [0, 0.1) is 17.7 Å². The average molecular weight is 305 g/mol. The Bertz CT molecular complexity index is 518. The van der Waals surface area contributed by atoms with E-state index in [0.29, 0.717) is 23.6 Å². The summed E-state index contributed by atoms with van der Waals surface area (Å²) in [6, 6.07) is 5.35. The van der Waals surface area contributed by atoms with Gasteiger partial charge in [-0.2, -0.15) is 0 Å². The summed E-state index contributed by atoms with van der Waals surface area (Å²) in [7, 11) is 0. The van der Waals surface area contributed by atoms with Crippen molar-refractivity contribution in [2.45, 2.75) is 65.8 Å². The number of amides is 1. The third-order valence-corrected chi connectivity index (χ3v) is 4.82. The molecular weight excluding hydrogens is 277 g/mol. The van der Waals surface area contributed by atoms with Crippen molar-refractivity contribution in [2.75, 3.05) is 4.90 Å². The van der Waals surface area contributed by atoms with Crippen LogP contribution in [0.2, 0.25) is 0 Å². The van der Waals surface area contributed by atoms with E-state index in [2.05, 4.69) is 6.92 Å². The maximum Gasteiger partial charge on any atom is 0.230 e. The van der Waals surface area contributed by atoms with Crippen LogP contribution in [0.4, 0.5) is 10.1 Å². The molecule has 2 nitrogen and oxygen atoms in total. The Labute approximate surface area is 133 Å². The fourth-order valence-electron chi connectivity index (χ4n) is 3.38. The van der Waals surface area contributed by atoms with E-state index in [1.165, 1.54) is 0 Å². The quantitative estimate of drug-likeness (QED) is 0.770. The lowest BCUT2D eigenvalue weighted by atomic mass is 9.82. The fourth-order valence-corrected chi connectivity index (χ4v) is 3.38. The highest BCUT2D eigenvalue weighted by atomic mass is 19.1. The Kier molecular flexibility index (Phi) is 5.60. The van der Waals surface area contributed by atoms with Crippen molar-refractivity contribution in [1.82, 2.24) is 0 Å². The Morgan fingerprint density at radius 3 is 2.45 bits per heavy atom. The molecule has 1 aromatic carbocycles. The van der Waals surface area contributed by atoms with Gasteiger partial charge in [-0.15, -0.1) is 0 Å². The second-order valence-electron chi connectivity index (χ2n) is 6.86. The predicted octanol–water partition coefficient (Wildman–Crippen LogP) is 4.96. The van der Waals surface area contributed by atoms with Crippen LogP contribution < -0.4 is 4.90 Å². The number of halogens is 1. The van der Waals surface area contributed by atoms with E-state index in [0.717, 1.165) is 25.7 Å². The summed E-state index contributed by atoms with van der Waals surface area (Å²) >= 11 is 0. The molecule has 0 aliphatic heterocycles. The van der Waals surface area contributed by atoms with Crippen LogP contribution in [-0.2, 0) is 11.2 Å². The van der Waals surface area contributed by atoms with Crippen LogP contribution in [0.5, 0.6) is 0 Å². The Morgan fingerprint density at radius 2 is 1.91 bits per heavy atom. The molecule has 0 bridgehead atoms. The van der Waals surface area contributed by atoms with Gasteiger partial charge < -0.3 is 4.90 Å². The number of nitrogens with zero attached hydrogens (tertiary/aromatic N) is 1. The van der Waals surface area contributed by atoms with Gasteiger partial charge >= 0.3 is 0 Å². The average Bonchev–Trinajstić information content (AvgIpc) is 2.49. The van der Waals surface area contributed by atoms with Crippen LogP contribution in [0.3, 0.4) is 0 Å². The van der Waals surface area contributed by atoms with Crippen molar-refractivity contribution in [3.05, 3.63) is 29.6 Å². The molecule has 1 aromatic rings. The molecule has 22 heavy (non-hydrogen) atoms. The van der Waals surface area contributed by atoms with E-state index in [1.54, 1.807) is 17.0 Å². The standard InChI is InChI=1S/C19H28FNO/c1-5-15-7-6-8-17(18(15)20)21(13(2)3)19(22)16-11-9-14(4)10-12-16/h6-8,13-14,16H,5,9-12H2,1-4H3. The summed E-state index contributed by atoms with van der Waals surface area (Å²) in [4.78, 5) is 14.6. The van der Waals surface area contributed by atoms with E-state index in [9.17, 15) is 9.18 Å². The van der Waals surface area contributed by atoms with Gasteiger partial charge in [0.15, 0.2) is 0 Å². The molecule has 1 fully saturated rings. The molecule has 2 rings (SSSR count). The molecule has 1 amide bonds. The highest BCUT2D eigenvalue weighted by Gasteiger charge is 2.31. The van der Waals surface area contributed by atoms with E-state index < -0.39 is 0 Å². The maximum atomic E-state index is 14.7. The molecule has 0 aromatic heterocycles. The van der Waals surface area contributed by atoms with Gasteiger partial charge in [0.2, 0.25) is 5.91 Å². The van der Waals surface area contributed by atoms with Crippen LogP contribution >= 0.6 is 0 Å². The molecule has 1 aliphatic carbocycles. The van der Waals surface area contributed by atoms with Crippen LogP contribution in [0.15, 0.2) is 18.2 Å². The van der Waals surface area contributed by atoms with Gasteiger partial charge in [0.05, 0.1) is 5.69 Å². The SMILES string of the molecule is CCc1cccc(N(C(=O)C2CCC(C)CC2)C(C)C)c1F. The molecule has 0 N–H and O–H groups in total. The first-order valence-electron chi connectivity index (χ1n) is 8.56. The number of aryl methyl sites for hydroxylation is 1. The minimum absolute atomic E-state index is 0.0338. The zero-order valence-corrected chi connectivity index (χ0v) is 14.2. The highest BCUT2D eigenvalue weighted by Crippen LogP contribution is 2.33. The van der Waals surface area contributed by atoms with E-state index in [1.807, 2.05) is 26.8 Å². The lowest BCUT2D eigenvalue weighted by Crippen LogP contribution is -2.42. The molecule has 0 heterocycles. The molecule has 0 radical (unpaired) electrons. The van der Waals surface area contributed by atoms with Crippen LogP contribution in [0.25, 0.3) is 0 Å². The number of hydrogen-bond donors (Lipinski definition) is 0. The number of anilines is 1. The molecule has 1 saturated carbocycles. The summed E-state index contributed by atoms with van der Waals surface area (Å²) in [6.07, 6.45) is 4.69. The molecular formula is C19H28FNO. The summed E-state index contributed by atoms with van der Waals surface area (Å²) in [5, 5.41) is 0. The zero-order valence-electron chi connectivity index (χ0n) is 14.2. The van der Waals surface area contributed by atoms with Gasteiger partial charge in [0, 0.05) is 12.0 Å². The summed E-state index contributed by atoms with van der Waals surface area (Å²) in [5.74, 6) is 0.602. The second-order valence-corrected chi connectivity index (χ2v) is 6.86. The number of hydrogen-bond acceptors (Lipinski definition) is 1. The molecule has 0 unspecified atom stereocenters. The fraction of sp³-hybridized carbons (Fsp3) is 0.632. The zero-order chi connectivity index (χ0) is 16.3. The van der Waals surface area contributed by atoms with Gasteiger partial charge in [0.25, 0.3) is 0 Å². The van der Waals surface area contributed by atoms with Gasteiger partial charge in [-0.1, -0.05) is 26.0 Å². The van der Waals surface area contributed by atoms with Crippen molar-refractivity contribution < 1.29 is 9.18 Å². The van der Waals surface area contributed by atoms with Gasteiger partial charge in [0.1, 0.15) is 5.82 Å². The lowest BCUT2D eigenvalue weighted by Gasteiger charge is -2.34. The largest absolute Gasteiger partial charge is 0.307 e. The van der Waals surface area contributed by atoms with Gasteiger partial charge in [-0.05, 0) is 63.5 Å². The van der Waals surface area contributed by atoms with Crippen molar-refractivity contribution in [2.24, 2.45) is 11.8 Å². The summed E-state index contributed by atoms with van der Waals surface area (Å²) in [6.45, 7) is 8.10. The Balaban J connectivity index is 2.29. The molecule has 0 atom stereocenters. The predicted molar refractivity (Wildman–Crippen MR) is 89.5 cm³/mol. The lowest BCUT2D eigenvalue weighted by molar-refractivity contribution is -0.123. The molecule has 122 valence electrons. The first-order valence-corrected chi connectivity index (χ1v) is 8.56. The summed E-state index contributed by atoms with van der Waals surface area (Å²) < 4.78 is 14.7. The molecule has 3 heteroatoms. The maximum absolute atomic E-state index is 14.7. The van der Waals surface area contributed by atoms with E-state index in [4.69, 9.17) is 0 Å². The molecule has 0 saturated heterocycles. The first kappa shape index (κ1) is 17.0. The third kappa shape index (κ3) is 3.50. The smallest absolute Gasteiger partial charge is 0.230 e. The second kappa shape index (κ2) is 7.26. The molecule has 0 spiro atoms. The van der Waals surface area contributed by atoms with E-state index >= 15 is 0 Å². The van der Waals surface area contributed by atoms with Crippen molar-refractivity contribution >= 4 is 11.6 Å². The number of carbonyl (C=O) groups is 1. The van der Waals surface area contributed by atoms with Gasteiger partial charge in [-0.25, -0.2) is 4.39 Å². The normalized spacial score (nSPS) is 21.9. The number of benzene rings is 1. The topological polar surface area (TPSA) is 20.3 Å². The minimum atomic E-state index is -0.240. The minimum Gasteiger partial charge on any atom is -0.307 e.